The van der Waals surface area contributed by atoms with Crippen molar-refractivity contribution in [1.82, 2.24) is 9.38 Å². The summed E-state index contributed by atoms with van der Waals surface area (Å²) in [6, 6.07) is 11.9. The van der Waals surface area contributed by atoms with Crippen LogP contribution in [0.15, 0.2) is 64.1 Å². The zero-order chi connectivity index (χ0) is 14.4. The second-order valence-corrected chi connectivity index (χ2v) is 4.72. The number of fused-ring (bicyclic) bond motifs is 2. The average molecular weight is 280 g/mol. The van der Waals surface area contributed by atoms with Crippen molar-refractivity contribution in [3.63, 3.8) is 0 Å². The molecule has 0 aliphatic heterocycles. The molecule has 5 heteroatoms. The van der Waals surface area contributed by atoms with Gasteiger partial charge >= 0.3 is 5.63 Å². The predicted molar refractivity (Wildman–Crippen MR) is 76.6 cm³/mol. The fourth-order valence-corrected chi connectivity index (χ4v) is 2.33. The maximum absolute atomic E-state index is 13.2. The Labute approximate surface area is 118 Å². The van der Waals surface area contributed by atoms with E-state index in [1.54, 1.807) is 34.9 Å². The Morgan fingerprint density at radius 3 is 2.86 bits per heavy atom. The quantitative estimate of drug-likeness (QED) is 0.503. The number of benzene rings is 1. The molecule has 4 nitrogen and oxygen atoms in total. The van der Waals surface area contributed by atoms with Crippen molar-refractivity contribution in [3.8, 4) is 11.3 Å². The van der Waals surface area contributed by atoms with Gasteiger partial charge < -0.3 is 8.82 Å². The number of aromatic nitrogens is 2. The number of pyridine rings is 1. The van der Waals surface area contributed by atoms with Gasteiger partial charge in [0, 0.05) is 17.8 Å². The molecule has 0 aliphatic carbocycles. The van der Waals surface area contributed by atoms with E-state index < -0.39 is 5.63 Å². The molecule has 0 spiro atoms. The fourth-order valence-electron chi connectivity index (χ4n) is 2.33. The molecule has 0 fully saturated rings. The van der Waals surface area contributed by atoms with E-state index in [1.165, 1.54) is 12.3 Å². The summed E-state index contributed by atoms with van der Waals surface area (Å²) >= 11 is 0. The molecule has 3 aromatic heterocycles. The zero-order valence-electron chi connectivity index (χ0n) is 10.8. The van der Waals surface area contributed by atoms with Gasteiger partial charge in [-0.25, -0.2) is 14.2 Å². The van der Waals surface area contributed by atoms with Gasteiger partial charge in [-0.15, -0.1) is 0 Å². The molecule has 4 aromatic rings. The highest BCUT2D eigenvalue weighted by atomic mass is 19.1. The minimum atomic E-state index is -0.461. The predicted octanol–water partition coefficient (Wildman–Crippen LogP) is 3.25. The van der Waals surface area contributed by atoms with Gasteiger partial charge in [-0.1, -0.05) is 18.2 Å². The van der Waals surface area contributed by atoms with Crippen LogP contribution in [0.25, 0.3) is 27.9 Å². The Balaban J connectivity index is 1.99. The molecule has 102 valence electrons. The summed E-state index contributed by atoms with van der Waals surface area (Å²) in [5, 5.41) is 0.815. The van der Waals surface area contributed by atoms with Crippen LogP contribution in [-0.4, -0.2) is 9.38 Å². The number of para-hydroxylation sites is 1. The van der Waals surface area contributed by atoms with Crippen LogP contribution in [0.2, 0.25) is 0 Å². The normalized spacial score (nSPS) is 11.3. The first-order valence-electron chi connectivity index (χ1n) is 6.38. The molecule has 4 rings (SSSR count). The third-order valence-electron chi connectivity index (χ3n) is 3.33. The summed E-state index contributed by atoms with van der Waals surface area (Å²) in [6.07, 6.45) is 2.92. The molecule has 3 heterocycles. The molecule has 1 aromatic carbocycles. The van der Waals surface area contributed by atoms with Gasteiger partial charge in [0.15, 0.2) is 0 Å². The second-order valence-electron chi connectivity index (χ2n) is 4.72. The van der Waals surface area contributed by atoms with Gasteiger partial charge in [-0.3, -0.25) is 0 Å². The summed E-state index contributed by atoms with van der Waals surface area (Å²) in [5.41, 5.74) is 1.45. The molecule has 0 N–H and O–H groups in total. The Kier molecular flexibility index (Phi) is 2.41. The third kappa shape index (κ3) is 1.90. The molecule has 0 amide bonds. The van der Waals surface area contributed by atoms with Crippen molar-refractivity contribution in [2.24, 2.45) is 0 Å². The zero-order valence-corrected chi connectivity index (χ0v) is 10.8. The Hall–Kier alpha value is -2.95. The largest absolute Gasteiger partial charge is 0.422 e. The number of nitrogens with zero attached hydrogens (tertiary/aromatic N) is 2. The van der Waals surface area contributed by atoms with Crippen molar-refractivity contribution in [1.29, 1.82) is 0 Å². The van der Waals surface area contributed by atoms with Crippen molar-refractivity contribution < 1.29 is 8.81 Å². The highest BCUT2D eigenvalue weighted by molar-refractivity contribution is 5.81. The average Bonchev–Trinajstić information content (AvgIpc) is 2.89. The first kappa shape index (κ1) is 11.8. The lowest BCUT2D eigenvalue weighted by atomic mass is 10.1. The summed E-state index contributed by atoms with van der Waals surface area (Å²) in [4.78, 5) is 16.4. The van der Waals surface area contributed by atoms with Gasteiger partial charge in [0.1, 0.15) is 17.0 Å². The van der Waals surface area contributed by atoms with E-state index in [0.717, 1.165) is 5.39 Å². The van der Waals surface area contributed by atoms with Crippen LogP contribution in [-0.2, 0) is 0 Å². The summed E-state index contributed by atoms with van der Waals surface area (Å²) in [5.74, 6) is -0.364. The molecule has 0 radical (unpaired) electrons. The van der Waals surface area contributed by atoms with Crippen LogP contribution < -0.4 is 5.63 Å². The maximum Gasteiger partial charge on any atom is 0.345 e. The lowest BCUT2D eigenvalue weighted by Crippen LogP contribution is -2.02. The fraction of sp³-hybridized carbons (Fsp3) is 0. The van der Waals surface area contributed by atoms with Crippen LogP contribution in [0.3, 0.4) is 0 Å². The van der Waals surface area contributed by atoms with Gasteiger partial charge in [0.05, 0.1) is 11.3 Å². The summed E-state index contributed by atoms with van der Waals surface area (Å²) in [7, 11) is 0. The minimum Gasteiger partial charge on any atom is -0.422 e. The number of halogens is 1. The number of rotatable bonds is 1. The summed E-state index contributed by atoms with van der Waals surface area (Å²) in [6.45, 7) is 0. The Morgan fingerprint density at radius 2 is 1.95 bits per heavy atom. The van der Waals surface area contributed by atoms with Crippen molar-refractivity contribution in [3.05, 3.63) is 71.1 Å². The Bertz CT molecular complexity index is 1030. The van der Waals surface area contributed by atoms with Gasteiger partial charge in [0.2, 0.25) is 0 Å². The Morgan fingerprint density at radius 1 is 1.10 bits per heavy atom. The minimum absolute atomic E-state index is 0.359. The van der Waals surface area contributed by atoms with Crippen molar-refractivity contribution >= 4 is 16.6 Å². The van der Waals surface area contributed by atoms with E-state index in [1.807, 2.05) is 12.1 Å². The SMILES string of the molecule is O=c1oc2ccccc2cc1-c1cn2cc(F)ccc2n1. The highest BCUT2D eigenvalue weighted by Crippen LogP contribution is 2.21. The summed E-state index contributed by atoms with van der Waals surface area (Å²) < 4.78 is 20.0. The first-order chi connectivity index (χ1) is 10.2. The molecule has 0 saturated heterocycles. The van der Waals surface area contributed by atoms with E-state index in [2.05, 4.69) is 4.98 Å². The molecular weight excluding hydrogens is 271 g/mol. The van der Waals surface area contributed by atoms with E-state index >= 15 is 0 Å². The molecule has 0 aliphatic rings. The topological polar surface area (TPSA) is 47.5 Å². The monoisotopic (exact) mass is 280 g/mol. The van der Waals surface area contributed by atoms with E-state index in [0.29, 0.717) is 22.5 Å². The van der Waals surface area contributed by atoms with Crippen molar-refractivity contribution in [2.45, 2.75) is 0 Å². The second kappa shape index (κ2) is 4.28. The van der Waals surface area contributed by atoms with E-state index in [4.69, 9.17) is 4.42 Å². The van der Waals surface area contributed by atoms with Crippen LogP contribution in [0, 0.1) is 5.82 Å². The number of imidazole rings is 1. The highest BCUT2D eigenvalue weighted by Gasteiger charge is 2.11. The lowest BCUT2D eigenvalue weighted by molar-refractivity contribution is 0.563. The number of hydrogen-bond acceptors (Lipinski definition) is 3. The van der Waals surface area contributed by atoms with E-state index in [9.17, 15) is 9.18 Å². The number of hydrogen-bond donors (Lipinski definition) is 0. The van der Waals surface area contributed by atoms with Crippen LogP contribution in [0.5, 0.6) is 0 Å². The van der Waals surface area contributed by atoms with Crippen LogP contribution in [0.1, 0.15) is 0 Å². The first-order valence-corrected chi connectivity index (χ1v) is 6.38. The molecule has 21 heavy (non-hydrogen) atoms. The molecular formula is C16H9FN2O2. The van der Waals surface area contributed by atoms with Crippen molar-refractivity contribution in [2.75, 3.05) is 0 Å². The smallest absolute Gasteiger partial charge is 0.345 e. The van der Waals surface area contributed by atoms with E-state index in [-0.39, 0.29) is 5.82 Å². The molecule has 0 saturated carbocycles. The van der Waals surface area contributed by atoms with Crippen LogP contribution in [0.4, 0.5) is 4.39 Å². The molecule has 0 bridgehead atoms. The van der Waals surface area contributed by atoms with Gasteiger partial charge in [-0.2, -0.15) is 0 Å². The van der Waals surface area contributed by atoms with Crippen LogP contribution >= 0.6 is 0 Å². The van der Waals surface area contributed by atoms with Gasteiger partial charge in [0.25, 0.3) is 0 Å². The van der Waals surface area contributed by atoms with Gasteiger partial charge in [-0.05, 0) is 24.3 Å². The lowest BCUT2D eigenvalue weighted by Gasteiger charge is -1.98. The molecule has 0 unspecified atom stereocenters. The maximum atomic E-state index is 13.2. The standard InChI is InChI=1S/C16H9FN2O2/c17-11-5-6-15-18-13(9-19(15)8-11)12-7-10-3-1-2-4-14(10)21-16(12)20/h1-9H. The molecule has 0 atom stereocenters. The third-order valence-corrected chi connectivity index (χ3v) is 3.33.